The van der Waals surface area contributed by atoms with E-state index in [1.165, 1.54) is 0 Å². The molecule has 2 rings (SSSR count). The molecule has 0 radical (unpaired) electrons. The lowest BCUT2D eigenvalue weighted by Crippen LogP contribution is -2.27. The van der Waals surface area contributed by atoms with Crippen LogP contribution in [0.3, 0.4) is 0 Å². The van der Waals surface area contributed by atoms with Crippen molar-refractivity contribution in [2.24, 2.45) is 0 Å². The molecule has 1 atom stereocenters. The van der Waals surface area contributed by atoms with Crippen LogP contribution in [0.1, 0.15) is 45.3 Å². The van der Waals surface area contributed by atoms with E-state index in [1.807, 2.05) is 19.1 Å². The molecule has 2 nitrogen and oxygen atoms in total. The van der Waals surface area contributed by atoms with Gasteiger partial charge < -0.3 is 4.57 Å². The van der Waals surface area contributed by atoms with Gasteiger partial charge in [-0.3, -0.25) is 0 Å². The Bertz CT molecular complexity index is 572. The van der Waals surface area contributed by atoms with Gasteiger partial charge in [-0.1, -0.05) is 22.9 Å². The number of fused-ring (bicyclic) bond motifs is 1. The average molecular weight is 330 g/mol. The molecular weight excluding hydrogens is 312 g/mol. The van der Waals surface area contributed by atoms with E-state index in [0.717, 1.165) is 27.8 Å². The molecule has 0 N–H and O–H groups in total. The number of imidazole rings is 1. The minimum Gasteiger partial charge on any atom is -0.321 e. The van der Waals surface area contributed by atoms with Gasteiger partial charge in [-0.05, 0) is 45.4 Å². The van der Waals surface area contributed by atoms with Crippen LogP contribution in [0.25, 0.3) is 11.0 Å². The van der Waals surface area contributed by atoms with Crippen LogP contribution in [0.15, 0.2) is 22.7 Å². The number of nitrogens with zero attached hydrogens (tertiary/aromatic N) is 2. The molecule has 4 heteroatoms. The first-order valence-electron chi connectivity index (χ1n) is 6.19. The first-order chi connectivity index (χ1) is 8.36. The molecule has 0 aliphatic heterocycles. The SMILES string of the molecule is CCC(C)(C)n1c(C(C)Cl)nc2ccc(Br)cc21. The van der Waals surface area contributed by atoms with Crippen molar-refractivity contribution >= 4 is 38.6 Å². The topological polar surface area (TPSA) is 17.8 Å². The third-order valence-electron chi connectivity index (χ3n) is 3.47. The summed E-state index contributed by atoms with van der Waals surface area (Å²) >= 11 is 9.81. The van der Waals surface area contributed by atoms with Crippen molar-refractivity contribution in [3.8, 4) is 0 Å². The second-order valence-corrected chi connectivity index (χ2v) is 6.79. The number of hydrogen-bond donors (Lipinski definition) is 0. The van der Waals surface area contributed by atoms with Crippen LogP contribution < -0.4 is 0 Å². The molecule has 1 aromatic carbocycles. The standard InChI is InChI=1S/C14H18BrClN2/c1-5-14(3,4)18-12-8-10(15)6-7-11(12)17-13(18)9(2)16/h6-9H,5H2,1-4H3. The predicted molar refractivity (Wildman–Crippen MR) is 81.3 cm³/mol. The van der Waals surface area contributed by atoms with Crippen LogP contribution in [-0.2, 0) is 5.54 Å². The highest BCUT2D eigenvalue weighted by Crippen LogP contribution is 2.33. The molecule has 98 valence electrons. The molecule has 0 saturated heterocycles. The molecule has 2 aromatic rings. The van der Waals surface area contributed by atoms with Crippen LogP contribution in [0.2, 0.25) is 0 Å². The maximum absolute atomic E-state index is 6.29. The largest absolute Gasteiger partial charge is 0.321 e. The van der Waals surface area contributed by atoms with E-state index in [-0.39, 0.29) is 10.9 Å². The fraction of sp³-hybridized carbons (Fsp3) is 0.500. The third-order valence-corrected chi connectivity index (χ3v) is 4.16. The monoisotopic (exact) mass is 328 g/mol. The average Bonchev–Trinajstić information content (AvgIpc) is 2.68. The van der Waals surface area contributed by atoms with E-state index in [0.29, 0.717) is 0 Å². The maximum Gasteiger partial charge on any atom is 0.128 e. The van der Waals surface area contributed by atoms with Crippen LogP contribution in [0.5, 0.6) is 0 Å². The summed E-state index contributed by atoms with van der Waals surface area (Å²) in [4.78, 5) is 4.68. The van der Waals surface area contributed by atoms with Crippen molar-refractivity contribution in [1.82, 2.24) is 9.55 Å². The Morgan fingerprint density at radius 3 is 2.67 bits per heavy atom. The van der Waals surface area contributed by atoms with Gasteiger partial charge in [0.25, 0.3) is 0 Å². The Labute approximate surface area is 121 Å². The number of aromatic nitrogens is 2. The third kappa shape index (κ3) is 2.30. The Morgan fingerprint density at radius 2 is 2.11 bits per heavy atom. The lowest BCUT2D eigenvalue weighted by molar-refractivity contribution is 0.341. The van der Waals surface area contributed by atoms with Gasteiger partial charge >= 0.3 is 0 Å². The summed E-state index contributed by atoms with van der Waals surface area (Å²) in [6, 6.07) is 6.16. The molecule has 0 saturated carbocycles. The summed E-state index contributed by atoms with van der Waals surface area (Å²) in [5, 5.41) is -0.0954. The molecule has 1 unspecified atom stereocenters. The van der Waals surface area contributed by atoms with Gasteiger partial charge in [-0.2, -0.15) is 0 Å². The Hall–Kier alpha value is -0.540. The van der Waals surface area contributed by atoms with Crippen molar-refractivity contribution in [3.63, 3.8) is 0 Å². The van der Waals surface area contributed by atoms with Crippen molar-refractivity contribution in [2.45, 2.75) is 45.0 Å². The predicted octanol–water partition coefficient (Wildman–Crippen LogP) is 5.24. The molecule has 0 bridgehead atoms. The number of benzene rings is 1. The van der Waals surface area contributed by atoms with Crippen LogP contribution in [0.4, 0.5) is 0 Å². The summed E-state index contributed by atoms with van der Waals surface area (Å²) in [6.07, 6.45) is 1.03. The quantitative estimate of drug-likeness (QED) is 0.704. The zero-order chi connectivity index (χ0) is 13.5. The van der Waals surface area contributed by atoms with E-state index in [2.05, 4.69) is 52.3 Å². The first kappa shape index (κ1) is 13.9. The van der Waals surface area contributed by atoms with Gasteiger partial charge in [0.15, 0.2) is 0 Å². The van der Waals surface area contributed by atoms with Crippen LogP contribution >= 0.6 is 27.5 Å². The Kier molecular flexibility index (Phi) is 3.75. The molecule has 0 spiro atoms. The fourth-order valence-electron chi connectivity index (χ4n) is 2.13. The van der Waals surface area contributed by atoms with Crippen LogP contribution in [-0.4, -0.2) is 9.55 Å². The molecular formula is C14H18BrClN2. The van der Waals surface area contributed by atoms with Gasteiger partial charge in [0, 0.05) is 10.0 Å². The van der Waals surface area contributed by atoms with Gasteiger partial charge in [-0.15, -0.1) is 11.6 Å². The smallest absolute Gasteiger partial charge is 0.128 e. The lowest BCUT2D eigenvalue weighted by Gasteiger charge is -2.28. The highest BCUT2D eigenvalue weighted by Gasteiger charge is 2.26. The lowest BCUT2D eigenvalue weighted by atomic mass is 10.0. The molecule has 0 amide bonds. The zero-order valence-electron chi connectivity index (χ0n) is 11.2. The molecule has 0 aliphatic carbocycles. The van der Waals surface area contributed by atoms with Gasteiger partial charge in [0.1, 0.15) is 5.82 Å². The minimum atomic E-state index is -0.0954. The second kappa shape index (κ2) is 4.86. The fourth-order valence-corrected chi connectivity index (χ4v) is 2.62. The molecule has 18 heavy (non-hydrogen) atoms. The Balaban J connectivity index is 2.81. The highest BCUT2D eigenvalue weighted by molar-refractivity contribution is 9.10. The number of alkyl halides is 1. The van der Waals surface area contributed by atoms with E-state index in [1.54, 1.807) is 0 Å². The molecule has 0 fully saturated rings. The Morgan fingerprint density at radius 1 is 1.44 bits per heavy atom. The van der Waals surface area contributed by atoms with E-state index < -0.39 is 0 Å². The number of rotatable bonds is 3. The summed E-state index contributed by atoms with van der Waals surface area (Å²) in [6.45, 7) is 8.60. The minimum absolute atomic E-state index is 0.00796. The first-order valence-corrected chi connectivity index (χ1v) is 7.42. The second-order valence-electron chi connectivity index (χ2n) is 5.22. The van der Waals surface area contributed by atoms with Gasteiger partial charge in [0.2, 0.25) is 0 Å². The summed E-state index contributed by atoms with van der Waals surface area (Å²) in [5.74, 6) is 0.941. The number of halogens is 2. The van der Waals surface area contributed by atoms with E-state index in [4.69, 9.17) is 11.6 Å². The van der Waals surface area contributed by atoms with Gasteiger partial charge in [-0.25, -0.2) is 4.98 Å². The molecule has 1 heterocycles. The van der Waals surface area contributed by atoms with Gasteiger partial charge in [0.05, 0.1) is 16.4 Å². The highest BCUT2D eigenvalue weighted by atomic mass is 79.9. The summed E-state index contributed by atoms with van der Waals surface area (Å²) in [7, 11) is 0. The van der Waals surface area contributed by atoms with Crippen molar-refractivity contribution in [2.75, 3.05) is 0 Å². The van der Waals surface area contributed by atoms with Crippen molar-refractivity contribution in [3.05, 3.63) is 28.5 Å². The van der Waals surface area contributed by atoms with E-state index >= 15 is 0 Å². The zero-order valence-corrected chi connectivity index (χ0v) is 13.5. The number of hydrogen-bond acceptors (Lipinski definition) is 1. The van der Waals surface area contributed by atoms with E-state index in [9.17, 15) is 0 Å². The molecule has 0 aliphatic rings. The van der Waals surface area contributed by atoms with Crippen LogP contribution in [0, 0.1) is 0 Å². The maximum atomic E-state index is 6.29. The van der Waals surface area contributed by atoms with Crippen molar-refractivity contribution in [1.29, 1.82) is 0 Å². The molecule has 1 aromatic heterocycles. The summed E-state index contributed by atoms with van der Waals surface area (Å²) in [5.41, 5.74) is 2.15. The normalized spacial score (nSPS) is 14.1. The summed E-state index contributed by atoms with van der Waals surface area (Å²) < 4.78 is 3.34. The van der Waals surface area contributed by atoms with Crippen molar-refractivity contribution < 1.29 is 0 Å².